The molecule has 2 aromatic heterocycles. The summed E-state index contributed by atoms with van der Waals surface area (Å²) in [5.74, 6) is -0.534. The number of nitrogens with zero attached hydrogens (tertiary/aromatic N) is 3. The Labute approximate surface area is 266 Å². The molecule has 2 saturated heterocycles. The third-order valence-corrected chi connectivity index (χ3v) is 9.66. The normalized spacial score (nSPS) is 21.4. The molecule has 0 radical (unpaired) electrons. The number of methoxy groups -OCH3 is 1. The number of furan rings is 1. The van der Waals surface area contributed by atoms with Crippen molar-refractivity contribution in [2.24, 2.45) is 5.92 Å². The minimum atomic E-state index is -0.978. The Morgan fingerprint density at radius 2 is 1.69 bits per heavy atom. The van der Waals surface area contributed by atoms with Crippen LogP contribution in [-0.2, 0) is 4.79 Å². The van der Waals surface area contributed by atoms with Crippen molar-refractivity contribution in [2.75, 3.05) is 33.3 Å². The highest BCUT2D eigenvalue weighted by Gasteiger charge is 2.58. The van der Waals surface area contributed by atoms with Crippen LogP contribution in [0.5, 0.6) is 5.75 Å². The lowest BCUT2D eigenvalue weighted by molar-refractivity contribution is -0.136. The van der Waals surface area contributed by atoms with Crippen molar-refractivity contribution in [1.29, 1.82) is 5.26 Å². The molecule has 0 saturated carbocycles. The van der Waals surface area contributed by atoms with Crippen molar-refractivity contribution in [3.63, 3.8) is 0 Å². The van der Waals surface area contributed by atoms with Crippen molar-refractivity contribution >= 4 is 28.9 Å². The Morgan fingerprint density at radius 3 is 2.27 bits per heavy atom. The van der Waals surface area contributed by atoms with Crippen LogP contribution in [0.3, 0.4) is 0 Å². The van der Waals surface area contributed by atoms with Gasteiger partial charge in [-0.3, -0.25) is 14.4 Å². The molecule has 4 unspecified atom stereocenters. The zero-order valence-corrected chi connectivity index (χ0v) is 26.2. The van der Waals surface area contributed by atoms with E-state index in [4.69, 9.17) is 9.15 Å². The number of likely N-dealkylation sites (tertiary alicyclic amines) is 1. The average molecular weight is 623 g/mol. The number of carbonyl (C=O) groups excluding carboxylic acids is 3. The molecule has 2 fully saturated rings. The Balaban J connectivity index is 1.62. The maximum atomic E-state index is 14.9. The number of nitriles is 1. The van der Waals surface area contributed by atoms with Crippen LogP contribution in [0.2, 0.25) is 0 Å². The Kier molecular flexibility index (Phi) is 8.57. The van der Waals surface area contributed by atoms with E-state index in [-0.39, 0.29) is 17.6 Å². The molecule has 2 aliphatic heterocycles. The van der Waals surface area contributed by atoms with Gasteiger partial charge in [0.2, 0.25) is 5.91 Å². The van der Waals surface area contributed by atoms with Crippen molar-refractivity contribution in [3.05, 3.63) is 111 Å². The minimum absolute atomic E-state index is 0.198. The lowest BCUT2D eigenvalue weighted by atomic mass is 9.75. The largest absolute Gasteiger partial charge is 0.497 e. The van der Waals surface area contributed by atoms with Gasteiger partial charge in [0, 0.05) is 32.1 Å². The highest BCUT2D eigenvalue weighted by Crippen LogP contribution is 2.53. The first-order valence-electron chi connectivity index (χ1n) is 14.9. The van der Waals surface area contributed by atoms with Crippen LogP contribution >= 0.6 is 11.3 Å². The van der Waals surface area contributed by atoms with Crippen LogP contribution in [0.1, 0.15) is 60.2 Å². The van der Waals surface area contributed by atoms with E-state index in [0.29, 0.717) is 65.0 Å². The van der Waals surface area contributed by atoms with Gasteiger partial charge >= 0.3 is 0 Å². The molecule has 4 heterocycles. The zero-order valence-electron chi connectivity index (χ0n) is 25.4. The van der Waals surface area contributed by atoms with Gasteiger partial charge in [-0.1, -0.05) is 30.3 Å². The Morgan fingerprint density at radius 1 is 1.00 bits per heavy atom. The predicted molar refractivity (Wildman–Crippen MR) is 169 cm³/mol. The van der Waals surface area contributed by atoms with Crippen LogP contribution in [0.4, 0.5) is 0 Å². The molecule has 2 aromatic carbocycles. The fraction of sp³-hybridized carbons (Fsp3) is 0.314. The first kappa shape index (κ1) is 30.3. The number of piperazine rings is 1. The number of aryl methyl sites for hydroxylation is 2. The summed E-state index contributed by atoms with van der Waals surface area (Å²) in [6, 6.07) is 20.0. The van der Waals surface area contributed by atoms with E-state index < -0.39 is 23.9 Å². The van der Waals surface area contributed by atoms with Gasteiger partial charge in [-0.2, -0.15) is 5.26 Å². The summed E-state index contributed by atoms with van der Waals surface area (Å²) in [6.45, 7) is 5.81. The zero-order chi connectivity index (χ0) is 31.7. The molecule has 10 heteroatoms. The number of hydrogen-bond acceptors (Lipinski definition) is 8. The summed E-state index contributed by atoms with van der Waals surface area (Å²) in [7, 11) is 1.58. The quantitative estimate of drug-likeness (QED) is 0.285. The summed E-state index contributed by atoms with van der Waals surface area (Å²) in [6.07, 6.45) is 0. The number of carbonyl (C=O) groups is 3. The highest BCUT2D eigenvalue weighted by atomic mass is 32.1. The second-order valence-corrected chi connectivity index (χ2v) is 12.4. The molecule has 0 spiro atoms. The van der Waals surface area contributed by atoms with E-state index in [2.05, 4.69) is 11.4 Å². The number of nitrogens with one attached hydrogen (secondary N) is 1. The molecule has 0 aliphatic carbocycles. The first-order valence-corrected chi connectivity index (χ1v) is 15.8. The van der Waals surface area contributed by atoms with Gasteiger partial charge in [0.15, 0.2) is 5.78 Å². The molecule has 9 nitrogen and oxygen atoms in total. The number of hydrogen-bond donors (Lipinski definition) is 1. The van der Waals surface area contributed by atoms with E-state index in [0.717, 1.165) is 5.56 Å². The van der Waals surface area contributed by atoms with Crippen molar-refractivity contribution in [2.45, 2.75) is 31.8 Å². The molecule has 45 heavy (non-hydrogen) atoms. The first-order chi connectivity index (χ1) is 21.8. The van der Waals surface area contributed by atoms with Crippen LogP contribution in [0.25, 0.3) is 0 Å². The third kappa shape index (κ3) is 5.65. The van der Waals surface area contributed by atoms with Crippen LogP contribution < -0.4 is 10.1 Å². The molecule has 2 aliphatic rings. The Bertz CT molecular complexity index is 1730. The smallest absolute Gasteiger partial charge is 0.265 e. The van der Waals surface area contributed by atoms with E-state index in [1.807, 2.05) is 29.6 Å². The fourth-order valence-electron chi connectivity index (χ4n) is 6.74. The number of thiophene rings is 1. The fourth-order valence-corrected chi connectivity index (χ4v) is 7.40. The van der Waals surface area contributed by atoms with Gasteiger partial charge in [-0.25, -0.2) is 0 Å². The third-order valence-electron chi connectivity index (χ3n) is 8.81. The van der Waals surface area contributed by atoms with Gasteiger partial charge in [-0.15, -0.1) is 11.3 Å². The maximum Gasteiger partial charge on any atom is 0.265 e. The molecule has 0 bridgehead atoms. The molecule has 4 aromatic rings. The molecule has 1 N–H and O–H groups in total. The summed E-state index contributed by atoms with van der Waals surface area (Å²) < 4.78 is 11.2. The van der Waals surface area contributed by atoms with E-state index in [1.165, 1.54) is 11.3 Å². The number of Topliss-reactive ketones (excluding diaryl/α,β-unsaturated/α-hetero) is 1. The van der Waals surface area contributed by atoms with Crippen molar-refractivity contribution < 1.29 is 23.5 Å². The van der Waals surface area contributed by atoms with Gasteiger partial charge in [0.1, 0.15) is 23.3 Å². The molecule has 4 atom stereocenters. The van der Waals surface area contributed by atoms with Gasteiger partial charge in [-0.05, 0) is 66.8 Å². The van der Waals surface area contributed by atoms with Crippen LogP contribution in [-0.4, -0.2) is 66.7 Å². The minimum Gasteiger partial charge on any atom is -0.497 e. The maximum absolute atomic E-state index is 14.9. The molecule has 2 amide bonds. The number of rotatable bonds is 7. The van der Waals surface area contributed by atoms with E-state index in [9.17, 15) is 19.6 Å². The topological polar surface area (TPSA) is 116 Å². The summed E-state index contributed by atoms with van der Waals surface area (Å²) >= 11 is 1.30. The summed E-state index contributed by atoms with van der Waals surface area (Å²) in [4.78, 5) is 48.2. The lowest BCUT2D eigenvalue weighted by Gasteiger charge is -2.36. The second kappa shape index (κ2) is 12.7. The number of ketones is 1. The number of ether oxygens (including phenoxy) is 1. The van der Waals surface area contributed by atoms with Gasteiger partial charge in [0.05, 0.1) is 41.1 Å². The second-order valence-electron chi connectivity index (χ2n) is 11.4. The Hall–Kier alpha value is -4.72. The average Bonchev–Trinajstić information content (AvgIpc) is 3.82. The highest BCUT2D eigenvalue weighted by molar-refractivity contribution is 7.12. The molecule has 6 rings (SSSR count). The number of benzene rings is 2. The lowest BCUT2D eigenvalue weighted by Crippen LogP contribution is -2.54. The predicted octanol–water partition coefficient (Wildman–Crippen LogP) is 5.12. The van der Waals surface area contributed by atoms with Gasteiger partial charge in [0.25, 0.3) is 5.91 Å². The van der Waals surface area contributed by atoms with E-state index in [1.54, 1.807) is 73.2 Å². The van der Waals surface area contributed by atoms with Crippen molar-refractivity contribution in [3.8, 4) is 11.8 Å². The van der Waals surface area contributed by atoms with E-state index >= 15 is 0 Å². The molecular formula is C35H34N4O5S. The standard InChI is InChI=1S/C35H34N4O5S/c1-21-19-27(22(2)44-21)33(40)30-29(24-10-12-26(43-3)13-11-24)32(35(42)38-16-14-37-15-17-38)39(34(41)28-5-4-18-45-28)31(30)25-8-6-23(20-36)7-9-25/h4-13,18-19,29-32,37H,14-17H2,1-3H3. The summed E-state index contributed by atoms with van der Waals surface area (Å²) in [5.41, 5.74) is 2.30. The SMILES string of the molecule is COc1ccc(C2C(C(=O)c3cc(C)oc3C)C(c3ccc(C#N)cc3)N(C(=O)c3cccs3)C2C(=O)N2CCNCC2)cc1. The molecular weight excluding hydrogens is 588 g/mol. The van der Waals surface area contributed by atoms with Crippen LogP contribution in [0.15, 0.2) is 76.5 Å². The monoisotopic (exact) mass is 622 g/mol. The van der Waals surface area contributed by atoms with Crippen molar-refractivity contribution in [1.82, 2.24) is 15.1 Å². The van der Waals surface area contributed by atoms with Gasteiger partial charge < -0.3 is 24.3 Å². The number of amides is 2. The summed E-state index contributed by atoms with van der Waals surface area (Å²) in [5, 5.41) is 14.7. The molecule has 230 valence electrons. The van der Waals surface area contributed by atoms with Crippen LogP contribution in [0, 0.1) is 31.1 Å².